The molecular weight excluding hydrogens is 356 g/mol. The number of benzene rings is 2. The molecule has 7 nitrogen and oxygen atoms in total. The van der Waals surface area contributed by atoms with Crippen LogP contribution in [0.5, 0.6) is 11.5 Å². The summed E-state index contributed by atoms with van der Waals surface area (Å²) in [6.45, 7) is 4.00. The number of anilines is 2. The van der Waals surface area contributed by atoms with E-state index in [1.165, 1.54) is 0 Å². The molecule has 3 N–H and O–H groups in total. The first kappa shape index (κ1) is 19.7. The van der Waals surface area contributed by atoms with Crippen molar-refractivity contribution in [3.05, 3.63) is 47.5 Å². The Balaban J connectivity index is 1.82. The minimum Gasteiger partial charge on any atom is -0.493 e. The number of ether oxygens (including phenoxy) is 3. The first-order valence-corrected chi connectivity index (χ1v) is 9.24. The van der Waals surface area contributed by atoms with Crippen LogP contribution in [-0.2, 0) is 17.9 Å². The van der Waals surface area contributed by atoms with E-state index >= 15 is 0 Å². The van der Waals surface area contributed by atoms with Crippen molar-refractivity contribution in [1.29, 1.82) is 0 Å². The minimum atomic E-state index is 0.382. The monoisotopic (exact) mass is 382 g/mol. The lowest BCUT2D eigenvalue weighted by molar-refractivity contribution is 0.121. The first-order valence-electron chi connectivity index (χ1n) is 9.24. The molecule has 0 atom stereocenters. The third-order valence-corrected chi connectivity index (χ3v) is 4.39. The summed E-state index contributed by atoms with van der Waals surface area (Å²) in [6, 6.07) is 11.7. The van der Waals surface area contributed by atoms with Gasteiger partial charge in [-0.05, 0) is 23.6 Å². The molecule has 0 aliphatic carbocycles. The second-order valence-corrected chi connectivity index (χ2v) is 6.33. The predicted molar refractivity (Wildman–Crippen MR) is 111 cm³/mol. The molecule has 1 heterocycles. The maximum absolute atomic E-state index is 6.14. The van der Waals surface area contributed by atoms with E-state index < -0.39 is 0 Å². The Labute approximate surface area is 164 Å². The van der Waals surface area contributed by atoms with Gasteiger partial charge in [-0.15, -0.1) is 0 Å². The lowest BCUT2D eigenvalue weighted by Crippen LogP contribution is -2.08. The molecule has 0 fully saturated rings. The van der Waals surface area contributed by atoms with Crippen molar-refractivity contribution < 1.29 is 14.2 Å². The molecule has 3 rings (SSSR count). The molecule has 0 spiro atoms. The number of fused-ring (bicyclic) bond motifs is 1. The fourth-order valence-electron chi connectivity index (χ4n) is 2.93. The standard InChI is InChI=1S/C21H26N4O3/c1-4-9-28-13-15-8-6-5-7-14(15)12-23-21-24-17-11-19(27-3)18(26-2)10-16(17)20(22)25-21/h5-8,10-11H,4,9,12-13H2,1-3H3,(H3,22,23,24,25). The third kappa shape index (κ3) is 4.43. The summed E-state index contributed by atoms with van der Waals surface area (Å²) in [4.78, 5) is 8.95. The summed E-state index contributed by atoms with van der Waals surface area (Å²) >= 11 is 0. The molecule has 0 saturated heterocycles. The van der Waals surface area contributed by atoms with Gasteiger partial charge in [-0.2, -0.15) is 4.98 Å². The number of rotatable bonds is 9. The molecule has 0 aliphatic heterocycles. The van der Waals surface area contributed by atoms with E-state index in [0.29, 0.717) is 41.9 Å². The van der Waals surface area contributed by atoms with E-state index in [-0.39, 0.29) is 0 Å². The molecule has 1 aromatic heterocycles. The van der Waals surface area contributed by atoms with Crippen LogP contribution < -0.4 is 20.5 Å². The number of aromatic nitrogens is 2. The van der Waals surface area contributed by atoms with Gasteiger partial charge in [0.05, 0.1) is 26.3 Å². The highest BCUT2D eigenvalue weighted by molar-refractivity contribution is 5.91. The molecule has 0 unspecified atom stereocenters. The molecule has 7 heteroatoms. The lowest BCUT2D eigenvalue weighted by Gasteiger charge is -2.13. The Kier molecular flexibility index (Phi) is 6.49. The zero-order valence-electron chi connectivity index (χ0n) is 16.5. The number of nitrogens with one attached hydrogen (secondary N) is 1. The quantitative estimate of drug-likeness (QED) is 0.544. The van der Waals surface area contributed by atoms with E-state index in [0.717, 1.165) is 29.5 Å². The maximum Gasteiger partial charge on any atom is 0.225 e. The van der Waals surface area contributed by atoms with Crippen molar-refractivity contribution in [1.82, 2.24) is 9.97 Å². The Morgan fingerprint density at radius 1 is 1.00 bits per heavy atom. The van der Waals surface area contributed by atoms with Crippen molar-refractivity contribution in [2.24, 2.45) is 0 Å². The normalized spacial score (nSPS) is 10.8. The van der Waals surface area contributed by atoms with Crippen LogP contribution in [0.1, 0.15) is 24.5 Å². The minimum absolute atomic E-state index is 0.382. The van der Waals surface area contributed by atoms with E-state index in [2.05, 4.69) is 34.3 Å². The van der Waals surface area contributed by atoms with Crippen molar-refractivity contribution in [2.75, 3.05) is 31.9 Å². The zero-order valence-corrected chi connectivity index (χ0v) is 16.5. The van der Waals surface area contributed by atoms with Crippen LogP contribution in [0.15, 0.2) is 36.4 Å². The second-order valence-electron chi connectivity index (χ2n) is 6.33. The van der Waals surface area contributed by atoms with Gasteiger partial charge in [0.25, 0.3) is 0 Å². The van der Waals surface area contributed by atoms with Gasteiger partial charge in [-0.3, -0.25) is 0 Å². The van der Waals surface area contributed by atoms with Crippen molar-refractivity contribution in [3.8, 4) is 11.5 Å². The average molecular weight is 382 g/mol. The van der Waals surface area contributed by atoms with E-state index in [1.54, 1.807) is 26.4 Å². The molecule has 0 aliphatic rings. The number of nitrogens with two attached hydrogens (primary N) is 1. The number of nitrogens with zero attached hydrogens (tertiary/aromatic N) is 2. The van der Waals surface area contributed by atoms with Gasteiger partial charge in [0, 0.05) is 24.6 Å². The van der Waals surface area contributed by atoms with Crippen molar-refractivity contribution >= 4 is 22.7 Å². The Morgan fingerprint density at radius 2 is 1.71 bits per heavy atom. The lowest BCUT2D eigenvalue weighted by atomic mass is 10.1. The number of hydrogen-bond acceptors (Lipinski definition) is 7. The summed E-state index contributed by atoms with van der Waals surface area (Å²) in [5, 5.41) is 3.98. The Bertz CT molecular complexity index is 946. The van der Waals surface area contributed by atoms with Gasteiger partial charge in [-0.25, -0.2) is 4.98 Å². The van der Waals surface area contributed by atoms with Gasteiger partial charge in [0.2, 0.25) is 5.95 Å². The molecule has 0 radical (unpaired) electrons. The molecule has 0 amide bonds. The molecule has 0 saturated carbocycles. The van der Waals surface area contributed by atoms with Crippen molar-refractivity contribution in [3.63, 3.8) is 0 Å². The molecule has 3 aromatic rings. The average Bonchev–Trinajstić information content (AvgIpc) is 2.72. The van der Waals surface area contributed by atoms with Gasteiger partial charge in [0.1, 0.15) is 5.82 Å². The summed E-state index contributed by atoms with van der Waals surface area (Å²) in [5.74, 6) is 2.03. The number of hydrogen-bond donors (Lipinski definition) is 2. The maximum atomic E-state index is 6.14. The molecule has 148 valence electrons. The van der Waals surface area contributed by atoms with Crippen LogP contribution in [0.4, 0.5) is 11.8 Å². The van der Waals surface area contributed by atoms with E-state index in [9.17, 15) is 0 Å². The topological polar surface area (TPSA) is 91.5 Å². The first-order chi connectivity index (χ1) is 13.7. The van der Waals surface area contributed by atoms with Gasteiger partial charge >= 0.3 is 0 Å². The fourth-order valence-corrected chi connectivity index (χ4v) is 2.93. The SMILES string of the molecule is CCCOCc1ccccc1CNc1nc(N)c2cc(OC)c(OC)cc2n1. The number of methoxy groups -OCH3 is 2. The fraction of sp³-hybridized carbons (Fsp3) is 0.333. The van der Waals surface area contributed by atoms with Gasteiger partial charge < -0.3 is 25.3 Å². The van der Waals surface area contributed by atoms with Gasteiger partial charge in [-0.1, -0.05) is 31.2 Å². The Morgan fingerprint density at radius 3 is 2.43 bits per heavy atom. The predicted octanol–water partition coefficient (Wildman–Crippen LogP) is 3.77. The largest absolute Gasteiger partial charge is 0.493 e. The molecular formula is C21H26N4O3. The highest BCUT2D eigenvalue weighted by Gasteiger charge is 2.12. The van der Waals surface area contributed by atoms with Crippen molar-refractivity contribution in [2.45, 2.75) is 26.5 Å². The van der Waals surface area contributed by atoms with Crippen LogP contribution in [0.2, 0.25) is 0 Å². The molecule has 2 aromatic carbocycles. The highest BCUT2D eigenvalue weighted by atomic mass is 16.5. The molecule has 28 heavy (non-hydrogen) atoms. The molecule has 0 bridgehead atoms. The van der Waals surface area contributed by atoms with Crippen LogP contribution in [0.3, 0.4) is 0 Å². The summed E-state index contributed by atoms with van der Waals surface area (Å²) < 4.78 is 16.4. The van der Waals surface area contributed by atoms with Crippen LogP contribution in [0, 0.1) is 0 Å². The van der Waals surface area contributed by atoms with E-state index in [4.69, 9.17) is 19.9 Å². The Hall–Kier alpha value is -3.06. The van der Waals surface area contributed by atoms with Gasteiger partial charge in [0.15, 0.2) is 11.5 Å². The van der Waals surface area contributed by atoms with E-state index in [1.807, 2.05) is 12.1 Å². The van der Waals surface area contributed by atoms with Crippen LogP contribution >= 0.6 is 0 Å². The van der Waals surface area contributed by atoms with Crippen LogP contribution in [0.25, 0.3) is 10.9 Å². The summed E-state index contributed by atoms with van der Waals surface area (Å²) in [7, 11) is 3.17. The third-order valence-electron chi connectivity index (χ3n) is 4.39. The van der Waals surface area contributed by atoms with Crippen LogP contribution in [-0.4, -0.2) is 30.8 Å². The zero-order chi connectivity index (χ0) is 19.9. The highest BCUT2D eigenvalue weighted by Crippen LogP contribution is 2.33. The summed E-state index contributed by atoms with van der Waals surface area (Å²) in [6.07, 6.45) is 0.999. The second kappa shape index (κ2) is 9.23. The summed E-state index contributed by atoms with van der Waals surface area (Å²) in [5.41, 5.74) is 9.11. The number of nitrogen functional groups attached to an aromatic ring is 1. The smallest absolute Gasteiger partial charge is 0.225 e.